The molecule has 12 heavy (non-hydrogen) atoms. The van der Waals surface area contributed by atoms with Crippen molar-refractivity contribution in [2.24, 2.45) is 5.92 Å². The van der Waals surface area contributed by atoms with Crippen molar-refractivity contribution < 1.29 is 0 Å². The van der Waals surface area contributed by atoms with E-state index in [1.54, 1.807) is 0 Å². The molecule has 1 aromatic carbocycles. The van der Waals surface area contributed by atoms with Gasteiger partial charge in [-0.3, -0.25) is 0 Å². The Morgan fingerprint density at radius 2 is 2.00 bits per heavy atom. The Balaban J connectivity index is 2.65. The van der Waals surface area contributed by atoms with Crippen LogP contribution in [0.3, 0.4) is 0 Å². The maximum absolute atomic E-state index is 8.51. The van der Waals surface area contributed by atoms with Gasteiger partial charge in [0.05, 0.1) is 12.0 Å². The summed E-state index contributed by atoms with van der Waals surface area (Å²) in [5, 5.41) is 8.51. The quantitative estimate of drug-likeness (QED) is 0.647. The molecule has 0 saturated heterocycles. The molecule has 0 fully saturated rings. The molecule has 0 aromatic heterocycles. The van der Waals surface area contributed by atoms with E-state index >= 15 is 0 Å². The van der Waals surface area contributed by atoms with Gasteiger partial charge in [0.15, 0.2) is 0 Å². The van der Waals surface area contributed by atoms with Crippen LogP contribution in [0.4, 0.5) is 0 Å². The van der Waals surface area contributed by atoms with E-state index in [4.69, 9.17) is 5.26 Å². The van der Waals surface area contributed by atoms with E-state index in [9.17, 15) is 0 Å². The van der Waals surface area contributed by atoms with E-state index in [1.807, 2.05) is 49.4 Å². The highest BCUT2D eigenvalue weighted by molar-refractivity contribution is 5.49. The zero-order chi connectivity index (χ0) is 8.81. The van der Waals surface area contributed by atoms with Crippen LogP contribution in [0.15, 0.2) is 36.4 Å². The highest BCUT2D eigenvalue weighted by atomic mass is 14.2. The summed E-state index contributed by atoms with van der Waals surface area (Å²) in [6.45, 7) is 1.87. The highest BCUT2D eigenvalue weighted by Gasteiger charge is 1.90. The number of hydrogen-bond acceptors (Lipinski definition) is 1. The average Bonchev–Trinajstić information content (AvgIpc) is 2.16. The van der Waals surface area contributed by atoms with E-state index in [1.165, 1.54) is 0 Å². The van der Waals surface area contributed by atoms with Crippen LogP contribution in [0.25, 0.3) is 6.08 Å². The molecule has 1 heteroatoms. The maximum atomic E-state index is 8.51. The fourth-order valence-corrected chi connectivity index (χ4v) is 0.863. The topological polar surface area (TPSA) is 23.8 Å². The first kappa shape index (κ1) is 8.55. The molecule has 0 radical (unpaired) electrons. The van der Waals surface area contributed by atoms with Crippen LogP contribution in [0.5, 0.6) is 0 Å². The third-order valence-corrected chi connectivity index (χ3v) is 1.58. The van der Waals surface area contributed by atoms with E-state index < -0.39 is 0 Å². The third-order valence-electron chi connectivity index (χ3n) is 1.58. The minimum absolute atomic E-state index is 0.00907. The molecule has 0 saturated carbocycles. The number of nitriles is 1. The van der Waals surface area contributed by atoms with Crippen molar-refractivity contribution in [1.29, 1.82) is 5.26 Å². The van der Waals surface area contributed by atoms with Crippen molar-refractivity contribution >= 4 is 6.08 Å². The second kappa shape index (κ2) is 4.35. The SMILES string of the molecule is CC(C#N)/C=C/c1ccccc1. The summed E-state index contributed by atoms with van der Waals surface area (Å²) in [7, 11) is 0. The molecule has 1 rings (SSSR count). The Morgan fingerprint density at radius 3 is 2.58 bits per heavy atom. The molecule has 0 aliphatic rings. The van der Waals surface area contributed by atoms with Crippen LogP contribution in [-0.4, -0.2) is 0 Å². The van der Waals surface area contributed by atoms with Crippen molar-refractivity contribution in [2.45, 2.75) is 6.92 Å². The Morgan fingerprint density at radius 1 is 1.33 bits per heavy atom. The van der Waals surface area contributed by atoms with Gasteiger partial charge in [0.2, 0.25) is 0 Å². The first-order valence-electron chi connectivity index (χ1n) is 3.96. The molecule has 0 spiro atoms. The number of hydrogen-bond donors (Lipinski definition) is 0. The van der Waals surface area contributed by atoms with Gasteiger partial charge < -0.3 is 0 Å². The van der Waals surface area contributed by atoms with E-state index in [-0.39, 0.29) is 5.92 Å². The normalized spacial score (nSPS) is 12.7. The molecule has 1 unspecified atom stereocenters. The van der Waals surface area contributed by atoms with Crippen molar-refractivity contribution in [3.63, 3.8) is 0 Å². The molecular weight excluding hydrogens is 146 g/mol. The summed E-state index contributed by atoms with van der Waals surface area (Å²) >= 11 is 0. The monoisotopic (exact) mass is 157 g/mol. The summed E-state index contributed by atoms with van der Waals surface area (Å²) < 4.78 is 0. The van der Waals surface area contributed by atoms with Gasteiger partial charge in [-0.05, 0) is 12.5 Å². The Labute approximate surface area is 73.0 Å². The van der Waals surface area contributed by atoms with Crippen LogP contribution in [0, 0.1) is 17.2 Å². The molecule has 0 N–H and O–H groups in total. The van der Waals surface area contributed by atoms with Crippen LogP contribution in [0.2, 0.25) is 0 Å². The van der Waals surface area contributed by atoms with Crippen LogP contribution in [-0.2, 0) is 0 Å². The fraction of sp³-hybridized carbons (Fsp3) is 0.182. The molecule has 1 atom stereocenters. The van der Waals surface area contributed by atoms with Crippen molar-refractivity contribution in [3.8, 4) is 6.07 Å². The lowest BCUT2D eigenvalue weighted by atomic mass is 10.1. The Kier molecular flexibility index (Phi) is 3.10. The second-order valence-corrected chi connectivity index (χ2v) is 2.69. The van der Waals surface area contributed by atoms with Gasteiger partial charge in [0.25, 0.3) is 0 Å². The zero-order valence-corrected chi connectivity index (χ0v) is 7.07. The van der Waals surface area contributed by atoms with Crippen molar-refractivity contribution in [1.82, 2.24) is 0 Å². The van der Waals surface area contributed by atoms with E-state index in [0.29, 0.717) is 0 Å². The van der Waals surface area contributed by atoms with Gasteiger partial charge in [-0.15, -0.1) is 0 Å². The molecule has 60 valence electrons. The molecule has 0 bridgehead atoms. The molecule has 0 aliphatic carbocycles. The lowest BCUT2D eigenvalue weighted by molar-refractivity contribution is 0.962. The lowest BCUT2D eigenvalue weighted by Crippen LogP contribution is -1.80. The van der Waals surface area contributed by atoms with Crippen molar-refractivity contribution in [2.75, 3.05) is 0 Å². The largest absolute Gasteiger partial charge is 0.198 e. The lowest BCUT2D eigenvalue weighted by Gasteiger charge is -1.92. The van der Waals surface area contributed by atoms with Crippen LogP contribution >= 0.6 is 0 Å². The summed E-state index contributed by atoms with van der Waals surface area (Å²) in [5.41, 5.74) is 1.14. The highest BCUT2D eigenvalue weighted by Crippen LogP contribution is 2.03. The maximum Gasteiger partial charge on any atom is 0.0694 e. The van der Waals surface area contributed by atoms with Gasteiger partial charge in [-0.1, -0.05) is 42.5 Å². The smallest absolute Gasteiger partial charge is 0.0694 e. The Hall–Kier alpha value is -1.55. The number of allylic oxidation sites excluding steroid dienone is 1. The molecule has 1 aromatic rings. The molecular formula is C11H11N. The minimum Gasteiger partial charge on any atom is -0.198 e. The van der Waals surface area contributed by atoms with Crippen LogP contribution in [0.1, 0.15) is 12.5 Å². The fourth-order valence-electron chi connectivity index (χ4n) is 0.863. The number of nitrogens with zero attached hydrogens (tertiary/aromatic N) is 1. The third kappa shape index (κ3) is 2.59. The standard InChI is InChI=1S/C11H11N/c1-10(9-12)7-8-11-5-3-2-4-6-11/h2-8,10H,1H3/b8-7+. The second-order valence-electron chi connectivity index (χ2n) is 2.69. The van der Waals surface area contributed by atoms with Crippen LogP contribution < -0.4 is 0 Å². The van der Waals surface area contributed by atoms with Gasteiger partial charge in [0.1, 0.15) is 0 Å². The summed E-state index contributed by atoms with van der Waals surface area (Å²) in [6.07, 6.45) is 3.86. The zero-order valence-electron chi connectivity index (χ0n) is 7.07. The number of benzene rings is 1. The summed E-state index contributed by atoms with van der Waals surface area (Å²) in [6, 6.07) is 12.1. The van der Waals surface area contributed by atoms with Gasteiger partial charge in [-0.2, -0.15) is 5.26 Å². The van der Waals surface area contributed by atoms with E-state index in [0.717, 1.165) is 5.56 Å². The predicted octanol–water partition coefficient (Wildman–Crippen LogP) is 2.86. The van der Waals surface area contributed by atoms with E-state index in [2.05, 4.69) is 6.07 Å². The average molecular weight is 157 g/mol. The minimum atomic E-state index is -0.00907. The van der Waals surface area contributed by atoms with Gasteiger partial charge in [0, 0.05) is 0 Å². The molecule has 0 amide bonds. The first-order chi connectivity index (χ1) is 5.83. The number of rotatable bonds is 2. The molecule has 0 heterocycles. The van der Waals surface area contributed by atoms with Crippen molar-refractivity contribution in [3.05, 3.63) is 42.0 Å². The van der Waals surface area contributed by atoms with Gasteiger partial charge >= 0.3 is 0 Å². The summed E-state index contributed by atoms with van der Waals surface area (Å²) in [5.74, 6) is -0.00907. The molecule has 0 aliphatic heterocycles. The first-order valence-corrected chi connectivity index (χ1v) is 3.96. The Bertz CT molecular complexity index is 293. The molecule has 1 nitrogen and oxygen atoms in total. The van der Waals surface area contributed by atoms with Gasteiger partial charge in [-0.25, -0.2) is 0 Å². The predicted molar refractivity (Wildman–Crippen MR) is 50.3 cm³/mol. The summed E-state index contributed by atoms with van der Waals surface area (Å²) in [4.78, 5) is 0.